The van der Waals surface area contributed by atoms with Gasteiger partial charge in [-0.2, -0.15) is 0 Å². The molecule has 3 N–H and O–H groups in total. The van der Waals surface area contributed by atoms with Gasteiger partial charge in [0.2, 0.25) is 0 Å². The van der Waals surface area contributed by atoms with Crippen molar-refractivity contribution in [1.82, 2.24) is 9.88 Å². The van der Waals surface area contributed by atoms with Crippen LogP contribution in [0.25, 0.3) is 0 Å². The third-order valence-electron chi connectivity index (χ3n) is 2.63. The highest BCUT2D eigenvalue weighted by molar-refractivity contribution is 9.10. The largest absolute Gasteiger partial charge is 0.397 e. The van der Waals surface area contributed by atoms with Crippen molar-refractivity contribution in [2.45, 2.75) is 19.8 Å². The Kier molecular flexibility index (Phi) is 5.71. The van der Waals surface area contributed by atoms with Gasteiger partial charge in [0.05, 0.1) is 16.4 Å². The van der Waals surface area contributed by atoms with E-state index in [4.69, 9.17) is 5.73 Å². The third kappa shape index (κ3) is 4.52. The van der Waals surface area contributed by atoms with Crippen molar-refractivity contribution in [2.24, 2.45) is 0 Å². The number of nitrogens with zero attached hydrogens (tertiary/aromatic N) is 2. The van der Waals surface area contributed by atoms with Crippen LogP contribution in [0.3, 0.4) is 0 Å². The smallest absolute Gasteiger partial charge is 0.140 e. The van der Waals surface area contributed by atoms with Gasteiger partial charge in [-0.3, -0.25) is 0 Å². The lowest BCUT2D eigenvalue weighted by atomic mass is 10.2. The number of rotatable bonds is 6. The highest BCUT2D eigenvalue weighted by Gasteiger charge is 2.06. The number of nitrogens with one attached hydrogen (secondary N) is 1. The molecule has 4 nitrogen and oxygen atoms in total. The third-order valence-corrected chi connectivity index (χ3v) is 3.60. The Bertz CT molecular complexity index is 366. The van der Waals surface area contributed by atoms with Gasteiger partial charge in [-0.25, -0.2) is 4.98 Å². The molecule has 96 valence electrons. The molecule has 1 heterocycles. The van der Waals surface area contributed by atoms with Crippen LogP contribution in [-0.2, 0) is 0 Å². The van der Waals surface area contributed by atoms with Gasteiger partial charge in [-0.1, -0.05) is 0 Å². The molecule has 0 amide bonds. The van der Waals surface area contributed by atoms with Crippen LogP contribution in [0.15, 0.2) is 10.7 Å². The van der Waals surface area contributed by atoms with Crippen molar-refractivity contribution in [2.75, 3.05) is 38.2 Å². The van der Waals surface area contributed by atoms with Crippen LogP contribution in [0.2, 0.25) is 0 Å². The zero-order chi connectivity index (χ0) is 12.8. The number of pyridine rings is 1. The number of hydrogen-bond donors (Lipinski definition) is 2. The van der Waals surface area contributed by atoms with Crippen LogP contribution in [0, 0.1) is 6.92 Å². The van der Waals surface area contributed by atoms with E-state index in [2.05, 4.69) is 45.2 Å². The molecule has 0 fully saturated rings. The molecule has 0 unspecified atom stereocenters. The molecule has 0 saturated heterocycles. The fraction of sp³-hybridized carbons (Fsp3) is 0.583. The number of unbranched alkanes of at least 4 members (excludes halogenated alkanes) is 1. The summed E-state index contributed by atoms with van der Waals surface area (Å²) in [7, 11) is 4.18. The zero-order valence-corrected chi connectivity index (χ0v) is 12.3. The molecule has 1 rings (SSSR count). The van der Waals surface area contributed by atoms with E-state index in [9.17, 15) is 0 Å². The highest BCUT2D eigenvalue weighted by atomic mass is 79.9. The number of anilines is 2. The number of hydrogen-bond acceptors (Lipinski definition) is 4. The molecular formula is C12H21BrN4. The van der Waals surface area contributed by atoms with Crippen LogP contribution >= 0.6 is 15.9 Å². The summed E-state index contributed by atoms with van der Waals surface area (Å²) in [5.74, 6) is 0.876. The lowest BCUT2D eigenvalue weighted by Crippen LogP contribution is -2.14. The van der Waals surface area contributed by atoms with Gasteiger partial charge in [0.25, 0.3) is 0 Å². The summed E-state index contributed by atoms with van der Waals surface area (Å²) in [4.78, 5) is 6.47. The molecule has 17 heavy (non-hydrogen) atoms. The van der Waals surface area contributed by atoms with Crippen molar-refractivity contribution >= 4 is 27.4 Å². The predicted octanol–water partition coefficient (Wildman–Crippen LogP) is 2.49. The Labute approximate surface area is 112 Å². The second-order valence-corrected chi connectivity index (χ2v) is 5.23. The summed E-state index contributed by atoms with van der Waals surface area (Å²) in [5, 5.41) is 3.32. The van der Waals surface area contributed by atoms with Crippen LogP contribution < -0.4 is 11.1 Å². The van der Waals surface area contributed by atoms with Crippen molar-refractivity contribution < 1.29 is 0 Å². The number of nitrogen functional groups attached to an aromatic ring is 1. The first-order valence-corrected chi connectivity index (χ1v) is 6.61. The Morgan fingerprint density at radius 3 is 2.76 bits per heavy atom. The first kappa shape index (κ1) is 14.3. The Balaban J connectivity index is 2.40. The van der Waals surface area contributed by atoms with Gasteiger partial charge in [-0.05, 0) is 61.9 Å². The van der Waals surface area contributed by atoms with E-state index in [1.54, 1.807) is 6.20 Å². The summed E-state index contributed by atoms with van der Waals surface area (Å²) in [6.45, 7) is 4.04. The van der Waals surface area contributed by atoms with E-state index in [1.165, 1.54) is 6.42 Å². The zero-order valence-electron chi connectivity index (χ0n) is 10.8. The standard InChI is InChI=1S/C12H21BrN4/c1-9-10(14)8-16-12(11(9)13)15-6-4-5-7-17(2)3/h8H,4-7,14H2,1-3H3,(H,15,16). The van der Waals surface area contributed by atoms with Crippen LogP contribution in [0.5, 0.6) is 0 Å². The molecule has 0 radical (unpaired) electrons. The fourth-order valence-electron chi connectivity index (χ4n) is 1.47. The van der Waals surface area contributed by atoms with Crippen molar-refractivity contribution in [3.8, 4) is 0 Å². The number of aromatic nitrogens is 1. The minimum Gasteiger partial charge on any atom is -0.397 e. The van der Waals surface area contributed by atoms with Crippen molar-refractivity contribution in [3.05, 3.63) is 16.2 Å². The highest BCUT2D eigenvalue weighted by Crippen LogP contribution is 2.27. The van der Waals surface area contributed by atoms with E-state index in [0.717, 1.165) is 41.1 Å². The first-order valence-electron chi connectivity index (χ1n) is 5.81. The van der Waals surface area contributed by atoms with E-state index in [-0.39, 0.29) is 0 Å². The normalized spacial score (nSPS) is 10.9. The van der Waals surface area contributed by atoms with Gasteiger partial charge in [0.1, 0.15) is 5.82 Å². The average molecular weight is 301 g/mol. The summed E-state index contributed by atoms with van der Waals surface area (Å²) in [6, 6.07) is 0. The van der Waals surface area contributed by atoms with Crippen molar-refractivity contribution in [3.63, 3.8) is 0 Å². The van der Waals surface area contributed by atoms with Crippen LogP contribution in [0.1, 0.15) is 18.4 Å². The quantitative estimate of drug-likeness (QED) is 0.793. The van der Waals surface area contributed by atoms with Gasteiger partial charge in [-0.15, -0.1) is 0 Å². The maximum absolute atomic E-state index is 5.77. The van der Waals surface area contributed by atoms with Crippen molar-refractivity contribution in [1.29, 1.82) is 0 Å². The van der Waals surface area contributed by atoms with Crippen LogP contribution in [0.4, 0.5) is 11.5 Å². The predicted molar refractivity (Wildman–Crippen MR) is 77.4 cm³/mol. The second-order valence-electron chi connectivity index (χ2n) is 4.44. The molecule has 1 aromatic rings. The summed E-state index contributed by atoms with van der Waals surface area (Å²) < 4.78 is 0.963. The van der Waals surface area contributed by atoms with Gasteiger partial charge < -0.3 is 16.0 Å². The Morgan fingerprint density at radius 1 is 1.41 bits per heavy atom. The summed E-state index contributed by atoms with van der Waals surface area (Å²) in [5.41, 5.74) is 7.53. The maximum atomic E-state index is 5.77. The maximum Gasteiger partial charge on any atom is 0.140 e. The van der Waals surface area contributed by atoms with Gasteiger partial charge in [0.15, 0.2) is 0 Å². The molecule has 0 saturated carbocycles. The topological polar surface area (TPSA) is 54.2 Å². The molecule has 0 bridgehead atoms. The van der Waals surface area contributed by atoms with E-state index in [0.29, 0.717) is 0 Å². The van der Waals surface area contributed by atoms with Gasteiger partial charge in [0, 0.05) is 6.54 Å². The molecule has 0 spiro atoms. The molecule has 0 aromatic carbocycles. The molecule has 5 heteroatoms. The number of halogens is 1. The molecule has 0 aliphatic heterocycles. The van der Waals surface area contributed by atoms with E-state index >= 15 is 0 Å². The fourth-order valence-corrected chi connectivity index (χ4v) is 1.95. The molecular weight excluding hydrogens is 280 g/mol. The Morgan fingerprint density at radius 2 is 2.12 bits per heavy atom. The molecule has 1 aromatic heterocycles. The molecule has 0 atom stereocenters. The van der Waals surface area contributed by atoms with E-state index in [1.807, 2.05) is 6.92 Å². The minimum absolute atomic E-state index is 0.718. The van der Waals surface area contributed by atoms with E-state index < -0.39 is 0 Å². The molecule has 0 aliphatic rings. The second kappa shape index (κ2) is 6.81. The number of nitrogens with two attached hydrogens (primary N) is 1. The Hall–Kier alpha value is -0.810. The lowest BCUT2D eigenvalue weighted by molar-refractivity contribution is 0.396. The first-order chi connectivity index (χ1) is 8.02. The monoisotopic (exact) mass is 300 g/mol. The lowest BCUT2D eigenvalue weighted by Gasteiger charge is -2.12. The summed E-state index contributed by atoms with van der Waals surface area (Å²) in [6.07, 6.45) is 4.02. The SMILES string of the molecule is Cc1c(N)cnc(NCCCCN(C)C)c1Br. The van der Waals surface area contributed by atoms with Crippen LogP contribution in [-0.4, -0.2) is 37.1 Å². The minimum atomic E-state index is 0.718. The average Bonchev–Trinajstić information content (AvgIpc) is 2.28. The van der Waals surface area contributed by atoms with Gasteiger partial charge >= 0.3 is 0 Å². The molecule has 0 aliphatic carbocycles. The summed E-state index contributed by atoms with van der Waals surface area (Å²) >= 11 is 3.51.